The SMILES string of the molecule is NC(=O)N1CCNCC1CCC(=O)O. The van der Waals surface area contributed by atoms with Crippen LogP contribution in [0.25, 0.3) is 0 Å². The van der Waals surface area contributed by atoms with Gasteiger partial charge in [0.1, 0.15) is 0 Å². The minimum atomic E-state index is -0.847. The Labute approximate surface area is 82.1 Å². The molecule has 80 valence electrons. The summed E-state index contributed by atoms with van der Waals surface area (Å²) in [4.78, 5) is 22.9. The summed E-state index contributed by atoms with van der Waals surface area (Å²) in [7, 11) is 0. The van der Waals surface area contributed by atoms with Gasteiger partial charge in [0, 0.05) is 32.1 Å². The number of amides is 2. The molecule has 1 aliphatic rings. The van der Waals surface area contributed by atoms with Crippen molar-refractivity contribution in [2.75, 3.05) is 19.6 Å². The van der Waals surface area contributed by atoms with Crippen LogP contribution in [0, 0.1) is 0 Å². The zero-order valence-corrected chi connectivity index (χ0v) is 7.90. The second-order valence-corrected chi connectivity index (χ2v) is 3.32. The van der Waals surface area contributed by atoms with Crippen molar-refractivity contribution in [2.45, 2.75) is 18.9 Å². The Morgan fingerprint density at radius 1 is 1.57 bits per heavy atom. The van der Waals surface area contributed by atoms with Crippen molar-refractivity contribution in [3.8, 4) is 0 Å². The molecule has 1 aliphatic heterocycles. The second kappa shape index (κ2) is 4.80. The van der Waals surface area contributed by atoms with Gasteiger partial charge in [-0.1, -0.05) is 0 Å². The smallest absolute Gasteiger partial charge is 0.315 e. The van der Waals surface area contributed by atoms with Gasteiger partial charge in [0.15, 0.2) is 0 Å². The number of hydrogen-bond acceptors (Lipinski definition) is 3. The molecule has 1 fully saturated rings. The Kier molecular flexibility index (Phi) is 3.70. The number of nitrogens with one attached hydrogen (secondary N) is 1. The van der Waals surface area contributed by atoms with E-state index in [9.17, 15) is 9.59 Å². The van der Waals surface area contributed by atoms with E-state index >= 15 is 0 Å². The normalized spacial score (nSPS) is 22.0. The minimum Gasteiger partial charge on any atom is -0.481 e. The number of nitrogens with two attached hydrogens (primary N) is 1. The van der Waals surface area contributed by atoms with E-state index in [4.69, 9.17) is 10.8 Å². The van der Waals surface area contributed by atoms with E-state index in [0.717, 1.165) is 0 Å². The Balaban J connectivity index is 2.45. The van der Waals surface area contributed by atoms with Gasteiger partial charge < -0.3 is 21.1 Å². The summed E-state index contributed by atoms with van der Waals surface area (Å²) in [5.74, 6) is -0.847. The fourth-order valence-electron chi connectivity index (χ4n) is 1.60. The number of hydrogen-bond donors (Lipinski definition) is 3. The molecule has 4 N–H and O–H groups in total. The van der Waals surface area contributed by atoms with Crippen molar-refractivity contribution in [1.82, 2.24) is 10.2 Å². The molecular formula is C8H15N3O3. The first-order valence-electron chi connectivity index (χ1n) is 4.60. The van der Waals surface area contributed by atoms with E-state index in [-0.39, 0.29) is 12.5 Å². The average molecular weight is 201 g/mol. The summed E-state index contributed by atoms with van der Waals surface area (Å²) in [6, 6.07) is -0.556. The molecule has 0 spiro atoms. The quantitative estimate of drug-likeness (QED) is 0.557. The van der Waals surface area contributed by atoms with Gasteiger partial charge in [0.25, 0.3) is 0 Å². The van der Waals surface area contributed by atoms with E-state index in [2.05, 4.69) is 5.32 Å². The maximum atomic E-state index is 11.0. The third-order valence-electron chi connectivity index (χ3n) is 2.32. The largest absolute Gasteiger partial charge is 0.481 e. The molecule has 6 heteroatoms. The third-order valence-corrected chi connectivity index (χ3v) is 2.32. The summed E-state index contributed by atoms with van der Waals surface area (Å²) in [5.41, 5.74) is 5.18. The summed E-state index contributed by atoms with van der Waals surface area (Å²) in [6.45, 7) is 1.89. The average Bonchev–Trinajstić information content (AvgIpc) is 2.15. The fourth-order valence-corrected chi connectivity index (χ4v) is 1.60. The van der Waals surface area contributed by atoms with E-state index in [1.807, 2.05) is 0 Å². The Morgan fingerprint density at radius 2 is 2.29 bits per heavy atom. The lowest BCUT2D eigenvalue weighted by atomic mass is 10.1. The lowest BCUT2D eigenvalue weighted by Crippen LogP contribution is -2.55. The van der Waals surface area contributed by atoms with Crippen LogP contribution in [0.5, 0.6) is 0 Å². The highest BCUT2D eigenvalue weighted by atomic mass is 16.4. The van der Waals surface area contributed by atoms with E-state index in [1.54, 1.807) is 0 Å². The highest BCUT2D eigenvalue weighted by molar-refractivity contribution is 5.72. The van der Waals surface area contributed by atoms with Crippen LogP contribution in [0.2, 0.25) is 0 Å². The zero-order chi connectivity index (χ0) is 10.6. The van der Waals surface area contributed by atoms with Crippen LogP contribution in [-0.4, -0.2) is 47.7 Å². The summed E-state index contributed by atoms with van der Waals surface area (Å²) in [5, 5.41) is 11.6. The molecule has 1 heterocycles. The maximum absolute atomic E-state index is 11.0. The first-order chi connectivity index (χ1) is 6.61. The molecule has 0 bridgehead atoms. The molecule has 0 aliphatic carbocycles. The third kappa shape index (κ3) is 2.88. The molecule has 0 aromatic carbocycles. The molecule has 0 aromatic heterocycles. The van der Waals surface area contributed by atoms with Crippen molar-refractivity contribution in [3.05, 3.63) is 0 Å². The molecule has 0 aromatic rings. The molecule has 2 amide bonds. The molecule has 1 unspecified atom stereocenters. The number of nitrogens with zero attached hydrogens (tertiary/aromatic N) is 1. The van der Waals surface area contributed by atoms with Gasteiger partial charge in [0.2, 0.25) is 0 Å². The number of carbonyl (C=O) groups excluding carboxylic acids is 1. The summed E-state index contributed by atoms with van der Waals surface area (Å²) < 4.78 is 0. The maximum Gasteiger partial charge on any atom is 0.315 e. The van der Waals surface area contributed by atoms with E-state index in [0.29, 0.717) is 26.1 Å². The molecular weight excluding hydrogens is 186 g/mol. The number of carboxylic acid groups (broad SMARTS) is 1. The Bertz CT molecular complexity index is 232. The molecule has 1 rings (SSSR count). The van der Waals surface area contributed by atoms with Gasteiger partial charge in [-0.05, 0) is 6.42 Å². The number of rotatable bonds is 3. The first-order valence-corrected chi connectivity index (χ1v) is 4.60. The predicted octanol–water partition coefficient (Wildman–Crippen LogP) is -0.796. The second-order valence-electron chi connectivity index (χ2n) is 3.32. The van der Waals surface area contributed by atoms with E-state index in [1.165, 1.54) is 4.90 Å². The van der Waals surface area contributed by atoms with Crippen LogP contribution in [0.1, 0.15) is 12.8 Å². The number of aliphatic carboxylic acids is 1. The Morgan fingerprint density at radius 3 is 2.86 bits per heavy atom. The van der Waals surface area contributed by atoms with Crippen LogP contribution in [0.4, 0.5) is 4.79 Å². The molecule has 0 saturated carbocycles. The van der Waals surface area contributed by atoms with Crippen molar-refractivity contribution in [3.63, 3.8) is 0 Å². The highest BCUT2D eigenvalue weighted by Gasteiger charge is 2.24. The van der Waals surface area contributed by atoms with Crippen LogP contribution >= 0.6 is 0 Å². The van der Waals surface area contributed by atoms with Crippen LogP contribution in [0.15, 0.2) is 0 Å². The number of primary amides is 1. The van der Waals surface area contributed by atoms with Gasteiger partial charge in [0.05, 0.1) is 0 Å². The van der Waals surface area contributed by atoms with E-state index < -0.39 is 12.0 Å². The topological polar surface area (TPSA) is 95.7 Å². The van der Waals surface area contributed by atoms with Gasteiger partial charge >= 0.3 is 12.0 Å². The molecule has 14 heavy (non-hydrogen) atoms. The van der Waals surface area contributed by atoms with Crippen molar-refractivity contribution in [1.29, 1.82) is 0 Å². The summed E-state index contributed by atoms with van der Waals surface area (Å²) >= 11 is 0. The molecule has 1 atom stereocenters. The van der Waals surface area contributed by atoms with Gasteiger partial charge in [-0.25, -0.2) is 4.79 Å². The monoisotopic (exact) mass is 201 g/mol. The lowest BCUT2D eigenvalue weighted by molar-refractivity contribution is -0.137. The lowest BCUT2D eigenvalue weighted by Gasteiger charge is -2.34. The summed E-state index contributed by atoms with van der Waals surface area (Å²) in [6.07, 6.45) is 0.515. The van der Waals surface area contributed by atoms with Crippen LogP contribution in [0.3, 0.4) is 0 Å². The molecule has 1 saturated heterocycles. The number of piperazine rings is 1. The number of carbonyl (C=O) groups is 2. The first kappa shape index (κ1) is 10.8. The van der Waals surface area contributed by atoms with Crippen LogP contribution in [-0.2, 0) is 4.79 Å². The van der Waals surface area contributed by atoms with Crippen molar-refractivity contribution < 1.29 is 14.7 Å². The number of urea groups is 1. The van der Waals surface area contributed by atoms with Gasteiger partial charge in [-0.2, -0.15) is 0 Å². The van der Waals surface area contributed by atoms with Gasteiger partial charge in [-0.15, -0.1) is 0 Å². The highest BCUT2D eigenvalue weighted by Crippen LogP contribution is 2.09. The Hall–Kier alpha value is -1.30. The standard InChI is InChI=1S/C8H15N3O3/c9-8(14)11-4-3-10-5-6(11)1-2-7(12)13/h6,10H,1-5H2,(H2,9,14)(H,12,13). The zero-order valence-electron chi connectivity index (χ0n) is 7.90. The number of carboxylic acids is 1. The molecule has 0 radical (unpaired) electrons. The molecule has 6 nitrogen and oxygen atoms in total. The van der Waals surface area contributed by atoms with Crippen molar-refractivity contribution in [2.24, 2.45) is 5.73 Å². The fraction of sp³-hybridized carbons (Fsp3) is 0.750. The van der Waals surface area contributed by atoms with Crippen LogP contribution < -0.4 is 11.1 Å². The minimum absolute atomic E-state index is 0.0656. The predicted molar refractivity (Wildman–Crippen MR) is 49.8 cm³/mol. The van der Waals surface area contributed by atoms with Gasteiger partial charge in [-0.3, -0.25) is 4.79 Å². The van der Waals surface area contributed by atoms with Crippen molar-refractivity contribution >= 4 is 12.0 Å².